The maximum Gasteiger partial charge on any atom is 4.00 e. The number of esters is 1. The molecule has 0 atom stereocenters. The first-order chi connectivity index (χ1) is 2.77. The molecule has 0 rings (SSSR count). The maximum absolute atomic E-state index is 9.82. The van der Waals surface area contributed by atoms with Crippen molar-refractivity contribution in [3.05, 3.63) is 0 Å². The Labute approximate surface area is 107 Å². The van der Waals surface area contributed by atoms with E-state index in [9.17, 15) is 4.79 Å². The monoisotopic (exact) mass is 276 g/mol. The standard InChI is InChI=1S/C4H8O2.4ClH.Ti/c1-3-6-4(2)5;;;;;/h3H2,1-2H3;4*1H;/q;;;;;+4/p-4. The van der Waals surface area contributed by atoms with Crippen LogP contribution in [-0.4, -0.2) is 12.6 Å². The summed E-state index contributed by atoms with van der Waals surface area (Å²) in [7, 11) is 0. The van der Waals surface area contributed by atoms with E-state index in [0.29, 0.717) is 6.61 Å². The SMILES string of the molecule is CCOC(C)=O.[Cl-].[Cl-].[Cl-].[Cl-].[Ti+4]. The van der Waals surface area contributed by atoms with Crippen molar-refractivity contribution in [2.75, 3.05) is 6.61 Å². The Morgan fingerprint density at radius 2 is 1.45 bits per heavy atom. The van der Waals surface area contributed by atoms with E-state index >= 15 is 0 Å². The molecule has 0 unspecified atom stereocenters. The Kier molecular flexibility index (Phi) is 108. The Morgan fingerprint density at radius 3 is 1.45 bits per heavy atom. The van der Waals surface area contributed by atoms with Crippen LogP contribution in [0.1, 0.15) is 13.8 Å². The zero-order chi connectivity index (χ0) is 4.99. The molecule has 0 bridgehead atoms. The van der Waals surface area contributed by atoms with Crippen LogP contribution in [-0.2, 0) is 31.2 Å². The van der Waals surface area contributed by atoms with Crippen LogP contribution < -0.4 is 49.6 Å². The largest absolute Gasteiger partial charge is 4.00 e. The minimum atomic E-state index is -0.211. The number of carbonyl (C=O) groups is 1. The fraction of sp³-hybridized carbons (Fsp3) is 0.750. The second-order valence-electron chi connectivity index (χ2n) is 0.925. The Bertz CT molecular complexity index is 64.1. The molecular formula is C4H8Cl4O2Ti. The molecule has 0 saturated carbocycles. The van der Waals surface area contributed by atoms with E-state index < -0.39 is 0 Å². The first-order valence-corrected chi connectivity index (χ1v) is 1.90. The van der Waals surface area contributed by atoms with Crippen LogP contribution in [0.4, 0.5) is 0 Å². The van der Waals surface area contributed by atoms with E-state index in [-0.39, 0.29) is 77.3 Å². The summed E-state index contributed by atoms with van der Waals surface area (Å²) in [5.74, 6) is -0.211. The maximum atomic E-state index is 9.82. The summed E-state index contributed by atoms with van der Waals surface area (Å²) < 4.78 is 4.40. The molecule has 11 heavy (non-hydrogen) atoms. The summed E-state index contributed by atoms with van der Waals surface area (Å²) in [5.41, 5.74) is 0. The van der Waals surface area contributed by atoms with Crippen LogP contribution in [0.5, 0.6) is 0 Å². The van der Waals surface area contributed by atoms with Gasteiger partial charge in [0.05, 0.1) is 6.61 Å². The molecule has 0 heterocycles. The Balaban J connectivity index is -0.0000000125. The van der Waals surface area contributed by atoms with Gasteiger partial charge in [-0.15, -0.1) is 0 Å². The van der Waals surface area contributed by atoms with Crippen molar-refractivity contribution in [1.29, 1.82) is 0 Å². The van der Waals surface area contributed by atoms with E-state index in [1.54, 1.807) is 6.92 Å². The summed E-state index contributed by atoms with van der Waals surface area (Å²) in [4.78, 5) is 9.82. The van der Waals surface area contributed by atoms with Crippen LogP contribution in [0.2, 0.25) is 0 Å². The Morgan fingerprint density at radius 1 is 1.18 bits per heavy atom. The number of hydrogen-bond acceptors (Lipinski definition) is 2. The fourth-order valence-electron chi connectivity index (χ4n) is 0.203. The summed E-state index contributed by atoms with van der Waals surface area (Å²) >= 11 is 0. The van der Waals surface area contributed by atoms with Gasteiger partial charge in [0.15, 0.2) is 0 Å². The normalized spacial score (nSPS) is 4.18. The van der Waals surface area contributed by atoms with Gasteiger partial charge in [-0.25, -0.2) is 0 Å². The third kappa shape index (κ3) is 52.5. The molecule has 0 aliphatic carbocycles. The van der Waals surface area contributed by atoms with Crippen molar-refractivity contribution < 1.29 is 80.9 Å². The van der Waals surface area contributed by atoms with E-state index in [1.165, 1.54) is 6.92 Å². The van der Waals surface area contributed by atoms with Gasteiger partial charge in [-0.05, 0) is 6.92 Å². The first-order valence-electron chi connectivity index (χ1n) is 1.90. The molecule has 0 aromatic carbocycles. The second-order valence-corrected chi connectivity index (χ2v) is 0.925. The van der Waals surface area contributed by atoms with E-state index in [2.05, 4.69) is 4.74 Å². The predicted octanol–water partition coefficient (Wildman–Crippen LogP) is -11.4. The average Bonchev–Trinajstić information content (AvgIpc) is 1.35. The molecule has 0 radical (unpaired) electrons. The first kappa shape index (κ1) is 39.5. The molecular weight excluding hydrogens is 270 g/mol. The van der Waals surface area contributed by atoms with Gasteiger partial charge in [0.2, 0.25) is 0 Å². The molecule has 0 spiro atoms. The predicted molar refractivity (Wildman–Crippen MR) is 22.3 cm³/mol. The van der Waals surface area contributed by atoms with Gasteiger partial charge in [-0.3, -0.25) is 4.79 Å². The van der Waals surface area contributed by atoms with Gasteiger partial charge in [0.25, 0.3) is 0 Å². The third-order valence-electron chi connectivity index (χ3n) is 0.348. The van der Waals surface area contributed by atoms with Crippen LogP contribution in [0, 0.1) is 0 Å². The average molecular weight is 278 g/mol. The van der Waals surface area contributed by atoms with Gasteiger partial charge < -0.3 is 54.4 Å². The van der Waals surface area contributed by atoms with Crippen molar-refractivity contribution in [1.82, 2.24) is 0 Å². The molecule has 0 aromatic rings. The summed E-state index contributed by atoms with van der Waals surface area (Å²) in [6, 6.07) is 0. The molecule has 0 N–H and O–H groups in total. The van der Waals surface area contributed by atoms with Crippen molar-refractivity contribution in [2.24, 2.45) is 0 Å². The van der Waals surface area contributed by atoms with Crippen molar-refractivity contribution in [3.8, 4) is 0 Å². The molecule has 0 aliphatic rings. The number of halogens is 4. The molecule has 0 amide bonds. The fourth-order valence-corrected chi connectivity index (χ4v) is 0.203. The topological polar surface area (TPSA) is 26.3 Å². The van der Waals surface area contributed by atoms with Gasteiger partial charge in [-0.1, -0.05) is 0 Å². The van der Waals surface area contributed by atoms with Gasteiger partial charge >= 0.3 is 27.7 Å². The molecule has 0 aromatic heterocycles. The molecule has 2 nitrogen and oxygen atoms in total. The van der Waals surface area contributed by atoms with Crippen LogP contribution >= 0.6 is 0 Å². The number of ether oxygens (including phenoxy) is 1. The Hall–Kier alpha value is 1.34. The third-order valence-corrected chi connectivity index (χ3v) is 0.348. The van der Waals surface area contributed by atoms with Crippen LogP contribution in [0.25, 0.3) is 0 Å². The molecule has 0 saturated heterocycles. The minimum Gasteiger partial charge on any atom is -1.00 e. The van der Waals surface area contributed by atoms with Gasteiger partial charge in [-0.2, -0.15) is 0 Å². The van der Waals surface area contributed by atoms with Gasteiger partial charge in [0, 0.05) is 6.92 Å². The van der Waals surface area contributed by atoms with Crippen LogP contribution in [0.3, 0.4) is 0 Å². The van der Waals surface area contributed by atoms with E-state index in [4.69, 9.17) is 0 Å². The van der Waals surface area contributed by atoms with E-state index in [1.807, 2.05) is 0 Å². The van der Waals surface area contributed by atoms with Crippen molar-refractivity contribution >= 4 is 5.97 Å². The second kappa shape index (κ2) is 30.2. The van der Waals surface area contributed by atoms with E-state index in [0.717, 1.165) is 0 Å². The zero-order valence-electron chi connectivity index (χ0n) is 6.04. The van der Waals surface area contributed by atoms with Gasteiger partial charge in [0.1, 0.15) is 0 Å². The smallest absolute Gasteiger partial charge is 1.00 e. The summed E-state index contributed by atoms with van der Waals surface area (Å²) in [6.07, 6.45) is 0. The minimum absolute atomic E-state index is 0. The zero-order valence-corrected chi connectivity index (χ0v) is 10.6. The quantitative estimate of drug-likeness (QED) is 0.352. The number of rotatable bonds is 1. The summed E-state index contributed by atoms with van der Waals surface area (Å²) in [5, 5.41) is 0. The van der Waals surface area contributed by atoms with Crippen molar-refractivity contribution in [2.45, 2.75) is 13.8 Å². The molecule has 7 heteroatoms. The molecule has 0 aliphatic heterocycles. The van der Waals surface area contributed by atoms with Crippen molar-refractivity contribution in [3.63, 3.8) is 0 Å². The number of carbonyl (C=O) groups excluding carboxylic acids is 1. The summed E-state index contributed by atoms with van der Waals surface area (Å²) in [6.45, 7) is 3.65. The number of hydrogen-bond donors (Lipinski definition) is 0. The van der Waals surface area contributed by atoms with Crippen LogP contribution in [0.15, 0.2) is 0 Å². The molecule has 0 fully saturated rings. The molecule has 68 valence electrons.